The predicted octanol–water partition coefficient (Wildman–Crippen LogP) is 3.26. The first-order valence-corrected chi connectivity index (χ1v) is 7.34. The van der Waals surface area contributed by atoms with E-state index in [-0.39, 0.29) is 12.0 Å². The molecule has 1 heterocycles. The van der Waals surface area contributed by atoms with Crippen LogP contribution < -0.4 is 5.32 Å². The van der Waals surface area contributed by atoms with Gasteiger partial charge in [0, 0.05) is 19.2 Å². The van der Waals surface area contributed by atoms with E-state index < -0.39 is 23.7 Å². The zero-order valence-corrected chi connectivity index (χ0v) is 12.5. The number of amides is 1. The second-order valence-corrected chi connectivity index (χ2v) is 5.10. The Morgan fingerprint density at radius 3 is 2.30 bits per heavy atom. The van der Waals surface area contributed by atoms with Gasteiger partial charge in [0.15, 0.2) is 0 Å². The first kappa shape index (κ1) is 18.9. The molecule has 0 atom stereocenters. The summed E-state index contributed by atoms with van der Waals surface area (Å²) < 4.78 is 37.0. The Labute approximate surface area is 131 Å². The molecule has 0 saturated carbocycles. The third kappa shape index (κ3) is 7.62. The molecule has 0 fully saturated rings. The number of nitrogens with zero attached hydrogens (tertiary/aromatic N) is 1. The molecule has 128 valence electrons. The van der Waals surface area contributed by atoms with Crippen molar-refractivity contribution < 1.29 is 27.9 Å². The molecule has 5 nitrogen and oxygen atoms in total. The molecule has 0 saturated heterocycles. The fraction of sp³-hybridized carbons (Fsp3) is 0.533. The zero-order chi connectivity index (χ0) is 17.3. The molecule has 0 spiro atoms. The molecule has 0 aliphatic heterocycles. The number of alkyl halides is 3. The number of rotatable bonds is 9. The van der Waals surface area contributed by atoms with Crippen molar-refractivity contribution in [1.29, 1.82) is 0 Å². The highest BCUT2D eigenvalue weighted by molar-refractivity contribution is 5.93. The lowest BCUT2D eigenvalue weighted by molar-refractivity contribution is -0.141. The average Bonchev–Trinajstić information content (AvgIpc) is 2.48. The van der Waals surface area contributed by atoms with E-state index >= 15 is 0 Å². The van der Waals surface area contributed by atoms with Crippen molar-refractivity contribution in [2.75, 3.05) is 6.54 Å². The zero-order valence-electron chi connectivity index (χ0n) is 12.5. The third-order valence-electron chi connectivity index (χ3n) is 3.17. The van der Waals surface area contributed by atoms with Gasteiger partial charge in [-0.1, -0.05) is 19.3 Å². The number of carboxylic acids is 1. The van der Waals surface area contributed by atoms with Crippen LogP contribution in [0.4, 0.5) is 13.2 Å². The standard InChI is InChI=1S/C15H19F3N2O3/c16-15(17,18)12-8-7-11(10-20-12)14(23)19-9-5-3-1-2-4-6-13(21)22/h7-8,10H,1-6,9H2,(H,19,23)(H,21,22). The number of carbonyl (C=O) groups excluding carboxylic acids is 1. The van der Waals surface area contributed by atoms with E-state index in [1.807, 2.05) is 0 Å². The summed E-state index contributed by atoms with van der Waals surface area (Å²) in [5.41, 5.74) is -0.949. The van der Waals surface area contributed by atoms with E-state index in [4.69, 9.17) is 5.11 Å². The summed E-state index contributed by atoms with van der Waals surface area (Å²) in [5.74, 6) is -1.26. The molecule has 0 bridgehead atoms. The molecule has 8 heteroatoms. The summed E-state index contributed by atoms with van der Waals surface area (Å²) in [6.45, 7) is 0.415. The van der Waals surface area contributed by atoms with E-state index in [0.29, 0.717) is 13.0 Å². The largest absolute Gasteiger partial charge is 0.481 e. The van der Waals surface area contributed by atoms with Gasteiger partial charge in [0.1, 0.15) is 5.69 Å². The molecule has 23 heavy (non-hydrogen) atoms. The quantitative estimate of drug-likeness (QED) is 0.680. The van der Waals surface area contributed by atoms with Crippen molar-refractivity contribution in [2.45, 2.75) is 44.7 Å². The molecule has 1 rings (SSSR count). The first-order chi connectivity index (χ1) is 10.8. The van der Waals surface area contributed by atoms with Gasteiger partial charge in [-0.3, -0.25) is 14.6 Å². The van der Waals surface area contributed by atoms with Crippen molar-refractivity contribution in [3.05, 3.63) is 29.6 Å². The van der Waals surface area contributed by atoms with Gasteiger partial charge >= 0.3 is 12.1 Å². The minimum absolute atomic E-state index is 0.0828. The number of carbonyl (C=O) groups is 2. The molecular weight excluding hydrogens is 313 g/mol. The Balaban J connectivity index is 2.20. The Morgan fingerprint density at radius 2 is 1.74 bits per heavy atom. The molecule has 1 amide bonds. The van der Waals surface area contributed by atoms with E-state index in [1.165, 1.54) is 0 Å². The van der Waals surface area contributed by atoms with Crippen LogP contribution >= 0.6 is 0 Å². The van der Waals surface area contributed by atoms with Crippen molar-refractivity contribution in [3.8, 4) is 0 Å². The molecule has 1 aromatic heterocycles. The SMILES string of the molecule is O=C(O)CCCCCCCNC(=O)c1ccc(C(F)(F)F)nc1. The maximum absolute atomic E-state index is 12.3. The number of pyridine rings is 1. The highest BCUT2D eigenvalue weighted by Gasteiger charge is 2.32. The summed E-state index contributed by atoms with van der Waals surface area (Å²) in [6.07, 6.45) is 0.475. The fourth-order valence-corrected chi connectivity index (χ4v) is 1.93. The summed E-state index contributed by atoms with van der Waals surface area (Å²) in [4.78, 5) is 25.3. The average molecular weight is 332 g/mol. The maximum atomic E-state index is 12.3. The molecule has 0 aromatic carbocycles. The number of hydrogen-bond acceptors (Lipinski definition) is 3. The number of hydrogen-bond donors (Lipinski definition) is 2. The van der Waals surface area contributed by atoms with Crippen molar-refractivity contribution in [2.24, 2.45) is 0 Å². The van der Waals surface area contributed by atoms with Crippen LogP contribution in [0.3, 0.4) is 0 Å². The van der Waals surface area contributed by atoms with Crippen LogP contribution in [0, 0.1) is 0 Å². The van der Waals surface area contributed by atoms with Crippen LogP contribution in [0.5, 0.6) is 0 Å². The van der Waals surface area contributed by atoms with Crippen LogP contribution in [-0.2, 0) is 11.0 Å². The lowest BCUT2D eigenvalue weighted by atomic mass is 10.1. The first-order valence-electron chi connectivity index (χ1n) is 7.34. The van der Waals surface area contributed by atoms with E-state index in [2.05, 4.69) is 10.3 Å². The normalized spacial score (nSPS) is 11.3. The van der Waals surface area contributed by atoms with Crippen LogP contribution in [0.1, 0.15) is 54.6 Å². The van der Waals surface area contributed by atoms with Gasteiger partial charge in [0.25, 0.3) is 5.91 Å². The van der Waals surface area contributed by atoms with Gasteiger partial charge < -0.3 is 10.4 Å². The highest BCUT2D eigenvalue weighted by Crippen LogP contribution is 2.27. The van der Waals surface area contributed by atoms with Crippen molar-refractivity contribution in [3.63, 3.8) is 0 Å². The van der Waals surface area contributed by atoms with E-state index in [0.717, 1.165) is 44.0 Å². The number of nitrogens with one attached hydrogen (secondary N) is 1. The third-order valence-corrected chi connectivity index (χ3v) is 3.17. The lowest BCUT2D eigenvalue weighted by Gasteiger charge is -2.07. The minimum atomic E-state index is -4.52. The van der Waals surface area contributed by atoms with Gasteiger partial charge in [0.2, 0.25) is 0 Å². The second-order valence-electron chi connectivity index (χ2n) is 5.10. The van der Waals surface area contributed by atoms with E-state index in [1.54, 1.807) is 0 Å². The monoisotopic (exact) mass is 332 g/mol. The minimum Gasteiger partial charge on any atom is -0.481 e. The van der Waals surface area contributed by atoms with Gasteiger partial charge in [-0.25, -0.2) is 0 Å². The Bertz CT molecular complexity index is 516. The summed E-state index contributed by atoms with van der Waals surface area (Å²) >= 11 is 0. The van der Waals surface area contributed by atoms with Gasteiger partial charge in [-0.15, -0.1) is 0 Å². The molecule has 0 aliphatic rings. The van der Waals surface area contributed by atoms with Crippen molar-refractivity contribution in [1.82, 2.24) is 10.3 Å². The Hall–Kier alpha value is -2.12. The van der Waals surface area contributed by atoms with Gasteiger partial charge in [-0.05, 0) is 25.0 Å². The predicted molar refractivity (Wildman–Crippen MR) is 76.9 cm³/mol. The molecule has 0 unspecified atom stereocenters. The van der Waals surface area contributed by atoms with Crippen molar-refractivity contribution >= 4 is 11.9 Å². The van der Waals surface area contributed by atoms with E-state index in [9.17, 15) is 22.8 Å². The maximum Gasteiger partial charge on any atom is 0.433 e. The molecule has 1 aromatic rings. The molecular formula is C15H19F3N2O3. The number of unbranched alkanes of at least 4 members (excludes halogenated alkanes) is 4. The number of halogens is 3. The molecule has 0 radical (unpaired) electrons. The second kappa shape index (κ2) is 9.12. The summed E-state index contributed by atoms with van der Waals surface area (Å²) in [5, 5.41) is 11.1. The number of aromatic nitrogens is 1. The Kier molecular flexibility index (Phi) is 7.50. The smallest absolute Gasteiger partial charge is 0.433 e. The topological polar surface area (TPSA) is 79.3 Å². The van der Waals surface area contributed by atoms with Gasteiger partial charge in [-0.2, -0.15) is 13.2 Å². The van der Waals surface area contributed by atoms with Crippen LogP contribution in [0.2, 0.25) is 0 Å². The highest BCUT2D eigenvalue weighted by atomic mass is 19.4. The summed E-state index contributed by atoms with van der Waals surface area (Å²) in [6, 6.07) is 1.87. The number of carboxylic acid groups (broad SMARTS) is 1. The Morgan fingerprint density at radius 1 is 1.09 bits per heavy atom. The van der Waals surface area contributed by atoms with Gasteiger partial charge in [0.05, 0.1) is 5.56 Å². The molecule has 0 aliphatic carbocycles. The summed E-state index contributed by atoms with van der Waals surface area (Å²) in [7, 11) is 0. The van der Waals surface area contributed by atoms with Crippen LogP contribution in [0.15, 0.2) is 18.3 Å². The van der Waals surface area contributed by atoms with Crippen LogP contribution in [0.25, 0.3) is 0 Å². The number of aliphatic carboxylic acids is 1. The lowest BCUT2D eigenvalue weighted by Crippen LogP contribution is -2.24. The fourth-order valence-electron chi connectivity index (χ4n) is 1.93. The van der Waals surface area contributed by atoms with Crippen LogP contribution in [-0.4, -0.2) is 28.5 Å². The molecule has 2 N–H and O–H groups in total.